The third-order valence-corrected chi connectivity index (χ3v) is 5.62. The largest absolute Gasteiger partial charge is 0.451 e. The lowest BCUT2D eigenvalue weighted by molar-refractivity contribution is -0.123. The van der Waals surface area contributed by atoms with E-state index >= 15 is 0 Å². The van der Waals surface area contributed by atoms with Crippen molar-refractivity contribution in [3.63, 3.8) is 0 Å². The number of likely N-dealkylation sites (N-methyl/N-ethyl adjacent to an activating group) is 1. The van der Waals surface area contributed by atoms with Gasteiger partial charge in [-0.15, -0.1) is 0 Å². The molecule has 3 amide bonds. The van der Waals surface area contributed by atoms with Gasteiger partial charge in [-0.3, -0.25) is 14.4 Å². The highest BCUT2D eigenvalue weighted by atomic mass is 16.4. The van der Waals surface area contributed by atoms with E-state index in [0.717, 1.165) is 16.8 Å². The summed E-state index contributed by atoms with van der Waals surface area (Å²) < 4.78 is 5.77. The Labute approximate surface area is 205 Å². The molecule has 1 aromatic heterocycles. The van der Waals surface area contributed by atoms with E-state index in [2.05, 4.69) is 16.0 Å². The van der Waals surface area contributed by atoms with Crippen LogP contribution in [0, 0.1) is 5.92 Å². The first kappa shape index (κ1) is 25.6. The van der Waals surface area contributed by atoms with Gasteiger partial charge in [0, 0.05) is 44.5 Å². The van der Waals surface area contributed by atoms with Crippen molar-refractivity contribution in [3.05, 3.63) is 77.6 Å². The number of hydrogen-bond donors (Lipinski definition) is 3. The molecule has 35 heavy (non-hydrogen) atoms. The van der Waals surface area contributed by atoms with Gasteiger partial charge in [0.15, 0.2) is 5.76 Å². The standard InChI is InChI=1S/C27H32N4O4/c1-17(2)24(27(34)28-3)30-26(33)23-14-13-22(35-23)20-8-6-7-18(15-20)16-29-25(32)19-9-11-21(12-10-19)31(4)5/h6-15,17,24H,16H2,1-5H3,(H,28,34)(H,29,32)(H,30,33). The molecule has 1 atom stereocenters. The highest BCUT2D eigenvalue weighted by Crippen LogP contribution is 2.23. The van der Waals surface area contributed by atoms with E-state index in [1.165, 1.54) is 7.05 Å². The van der Waals surface area contributed by atoms with Crippen LogP contribution in [0.2, 0.25) is 0 Å². The number of nitrogens with zero attached hydrogens (tertiary/aromatic N) is 1. The Morgan fingerprint density at radius 1 is 0.943 bits per heavy atom. The molecule has 0 bridgehead atoms. The average Bonchev–Trinajstić information content (AvgIpc) is 3.36. The summed E-state index contributed by atoms with van der Waals surface area (Å²) >= 11 is 0. The molecule has 0 aliphatic rings. The van der Waals surface area contributed by atoms with E-state index in [-0.39, 0.29) is 23.5 Å². The number of nitrogens with one attached hydrogen (secondary N) is 3. The summed E-state index contributed by atoms with van der Waals surface area (Å²) in [6.45, 7) is 4.06. The van der Waals surface area contributed by atoms with Crippen LogP contribution in [0.25, 0.3) is 11.3 Å². The maximum atomic E-state index is 12.6. The molecule has 2 aromatic carbocycles. The van der Waals surface area contributed by atoms with E-state index in [9.17, 15) is 14.4 Å². The molecule has 0 saturated heterocycles. The number of benzene rings is 2. The van der Waals surface area contributed by atoms with Crippen molar-refractivity contribution in [2.45, 2.75) is 26.4 Å². The van der Waals surface area contributed by atoms with Crippen LogP contribution in [0.15, 0.2) is 65.1 Å². The molecule has 0 radical (unpaired) electrons. The molecule has 184 valence electrons. The minimum atomic E-state index is -0.660. The second-order valence-electron chi connectivity index (χ2n) is 8.80. The molecule has 0 saturated carbocycles. The fraction of sp³-hybridized carbons (Fsp3) is 0.296. The van der Waals surface area contributed by atoms with Gasteiger partial charge < -0.3 is 25.3 Å². The molecule has 0 fully saturated rings. The van der Waals surface area contributed by atoms with Crippen LogP contribution in [-0.4, -0.2) is 44.9 Å². The topological polar surface area (TPSA) is 104 Å². The first-order valence-corrected chi connectivity index (χ1v) is 11.5. The van der Waals surface area contributed by atoms with Crippen LogP contribution in [-0.2, 0) is 11.3 Å². The summed E-state index contributed by atoms with van der Waals surface area (Å²) in [6, 6.07) is 17.6. The Morgan fingerprint density at radius 2 is 1.66 bits per heavy atom. The Hall–Kier alpha value is -4.07. The predicted molar refractivity (Wildman–Crippen MR) is 136 cm³/mol. The normalized spacial score (nSPS) is 11.6. The van der Waals surface area contributed by atoms with Crippen LogP contribution in [0.3, 0.4) is 0 Å². The Bertz CT molecular complexity index is 1180. The fourth-order valence-corrected chi connectivity index (χ4v) is 3.55. The van der Waals surface area contributed by atoms with E-state index < -0.39 is 11.9 Å². The number of amides is 3. The highest BCUT2D eigenvalue weighted by molar-refractivity contribution is 5.96. The first-order chi connectivity index (χ1) is 16.7. The summed E-state index contributed by atoms with van der Waals surface area (Å²) in [4.78, 5) is 39.2. The zero-order valence-corrected chi connectivity index (χ0v) is 20.7. The maximum absolute atomic E-state index is 12.6. The summed E-state index contributed by atoms with van der Waals surface area (Å²) in [5.74, 6) is -0.316. The summed E-state index contributed by atoms with van der Waals surface area (Å²) in [5, 5.41) is 8.21. The highest BCUT2D eigenvalue weighted by Gasteiger charge is 2.25. The van der Waals surface area contributed by atoms with Gasteiger partial charge in [0.25, 0.3) is 11.8 Å². The van der Waals surface area contributed by atoms with Crippen LogP contribution in [0.1, 0.15) is 40.3 Å². The molecular weight excluding hydrogens is 444 g/mol. The number of rotatable bonds is 9. The smallest absolute Gasteiger partial charge is 0.287 e. The number of carbonyl (C=O) groups excluding carboxylic acids is 3. The summed E-state index contributed by atoms with van der Waals surface area (Å²) in [6.07, 6.45) is 0. The van der Waals surface area contributed by atoms with Gasteiger partial charge in [0.1, 0.15) is 11.8 Å². The SMILES string of the molecule is CNC(=O)C(NC(=O)c1ccc(-c2cccc(CNC(=O)c3ccc(N(C)C)cc3)c2)o1)C(C)C. The van der Waals surface area contributed by atoms with Gasteiger partial charge in [-0.25, -0.2) is 0 Å². The zero-order valence-electron chi connectivity index (χ0n) is 20.7. The van der Waals surface area contributed by atoms with E-state index in [1.807, 2.05) is 69.2 Å². The van der Waals surface area contributed by atoms with Gasteiger partial charge in [-0.2, -0.15) is 0 Å². The average molecular weight is 477 g/mol. The molecule has 8 nitrogen and oxygen atoms in total. The lowest BCUT2D eigenvalue weighted by Gasteiger charge is -2.19. The fourth-order valence-electron chi connectivity index (χ4n) is 3.55. The third-order valence-electron chi connectivity index (χ3n) is 5.62. The second-order valence-corrected chi connectivity index (χ2v) is 8.80. The molecule has 3 aromatic rings. The number of carbonyl (C=O) groups is 3. The van der Waals surface area contributed by atoms with Crippen LogP contribution in [0.5, 0.6) is 0 Å². The number of furan rings is 1. The van der Waals surface area contributed by atoms with Crippen molar-refractivity contribution in [3.8, 4) is 11.3 Å². The van der Waals surface area contributed by atoms with Gasteiger partial charge in [-0.05, 0) is 53.9 Å². The quantitative estimate of drug-likeness (QED) is 0.439. The lowest BCUT2D eigenvalue weighted by atomic mass is 10.0. The first-order valence-electron chi connectivity index (χ1n) is 11.5. The minimum Gasteiger partial charge on any atom is -0.451 e. The second kappa shape index (κ2) is 11.4. The molecule has 3 N–H and O–H groups in total. The van der Waals surface area contributed by atoms with Gasteiger partial charge in [0.05, 0.1) is 0 Å². The van der Waals surface area contributed by atoms with E-state index in [0.29, 0.717) is 17.9 Å². The van der Waals surface area contributed by atoms with E-state index in [4.69, 9.17) is 4.42 Å². The van der Waals surface area contributed by atoms with Gasteiger partial charge in [-0.1, -0.05) is 32.0 Å². The van der Waals surface area contributed by atoms with Gasteiger partial charge >= 0.3 is 0 Å². The Balaban J connectivity index is 1.65. The number of hydrogen-bond acceptors (Lipinski definition) is 5. The summed E-state index contributed by atoms with van der Waals surface area (Å²) in [5.41, 5.74) is 3.28. The zero-order chi connectivity index (χ0) is 25.5. The molecular formula is C27H32N4O4. The van der Waals surface area contributed by atoms with Gasteiger partial charge in [0.2, 0.25) is 5.91 Å². The van der Waals surface area contributed by atoms with Crippen LogP contribution < -0.4 is 20.9 Å². The Kier molecular flexibility index (Phi) is 8.30. The van der Waals surface area contributed by atoms with Crippen LogP contribution in [0.4, 0.5) is 5.69 Å². The van der Waals surface area contributed by atoms with Crippen molar-refractivity contribution in [1.82, 2.24) is 16.0 Å². The summed E-state index contributed by atoms with van der Waals surface area (Å²) in [7, 11) is 5.43. The molecule has 0 aliphatic heterocycles. The maximum Gasteiger partial charge on any atom is 0.287 e. The van der Waals surface area contributed by atoms with Crippen molar-refractivity contribution < 1.29 is 18.8 Å². The molecule has 0 spiro atoms. The Morgan fingerprint density at radius 3 is 2.29 bits per heavy atom. The minimum absolute atomic E-state index is 0.0776. The predicted octanol–water partition coefficient (Wildman–Crippen LogP) is 3.44. The van der Waals surface area contributed by atoms with E-state index in [1.54, 1.807) is 24.3 Å². The van der Waals surface area contributed by atoms with Crippen LogP contribution >= 0.6 is 0 Å². The van der Waals surface area contributed by atoms with Crippen molar-refractivity contribution in [1.29, 1.82) is 0 Å². The molecule has 3 rings (SSSR count). The monoisotopic (exact) mass is 476 g/mol. The molecule has 0 aliphatic carbocycles. The van der Waals surface area contributed by atoms with Crippen molar-refractivity contribution in [2.24, 2.45) is 5.92 Å². The third kappa shape index (κ3) is 6.50. The van der Waals surface area contributed by atoms with Crippen molar-refractivity contribution in [2.75, 3.05) is 26.0 Å². The number of anilines is 1. The molecule has 1 unspecified atom stereocenters. The lowest BCUT2D eigenvalue weighted by Crippen LogP contribution is -2.48. The molecule has 8 heteroatoms. The molecule has 1 heterocycles. The van der Waals surface area contributed by atoms with Crippen molar-refractivity contribution >= 4 is 23.4 Å².